The zero-order valence-corrected chi connectivity index (χ0v) is 12.9. The zero-order chi connectivity index (χ0) is 14.5. The molecule has 1 aromatic rings. The number of nitrogens with one attached hydrogen (secondary N) is 1. The van der Waals surface area contributed by atoms with Gasteiger partial charge in [-0.3, -0.25) is 4.90 Å². The largest absolute Gasteiger partial charge is 0.496 e. The maximum atomic E-state index is 5.37. The number of nitrogens with zero attached hydrogens (tertiary/aromatic N) is 1. The summed E-state index contributed by atoms with van der Waals surface area (Å²) in [6, 6.07) is 6.97. The van der Waals surface area contributed by atoms with Gasteiger partial charge in [0, 0.05) is 32.2 Å². The average Bonchev–Trinajstić information content (AvgIpc) is 2.45. The molecule has 1 atom stereocenters. The van der Waals surface area contributed by atoms with Crippen LogP contribution in [0.25, 0.3) is 0 Å². The van der Waals surface area contributed by atoms with Crippen molar-refractivity contribution in [3.05, 3.63) is 41.5 Å². The predicted octanol–water partition coefficient (Wildman–Crippen LogP) is 2.92. The van der Waals surface area contributed by atoms with Crippen molar-refractivity contribution in [1.82, 2.24) is 10.2 Å². The van der Waals surface area contributed by atoms with Gasteiger partial charge in [0.1, 0.15) is 5.75 Å². The molecule has 0 radical (unpaired) electrons. The molecule has 110 valence electrons. The van der Waals surface area contributed by atoms with Crippen molar-refractivity contribution in [2.24, 2.45) is 0 Å². The summed E-state index contributed by atoms with van der Waals surface area (Å²) in [5, 5.41) is 3.42. The summed E-state index contributed by atoms with van der Waals surface area (Å²) in [4.78, 5) is 2.56. The molecular formula is C17H26N2O. The van der Waals surface area contributed by atoms with E-state index < -0.39 is 0 Å². The molecule has 1 aromatic carbocycles. The van der Waals surface area contributed by atoms with E-state index in [4.69, 9.17) is 4.74 Å². The highest BCUT2D eigenvalue weighted by molar-refractivity contribution is 5.37. The second-order valence-corrected chi connectivity index (χ2v) is 5.69. The van der Waals surface area contributed by atoms with Crippen molar-refractivity contribution in [2.75, 3.05) is 33.3 Å². The van der Waals surface area contributed by atoms with Crippen LogP contribution in [-0.4, -0.2) is 38.2 Å². The van der Waals surface area contributed by atoms with Crippen molar-refractivity contribution in [2.45, 2.75) is 26.3 Å². The van der Waals surface area contributed by atoms with E-state index in [1.165, 1.54) is 16.7 Å². The number of methoxy groups -OCH3 is 1. The topological polar surface area (TPSA) is 24.5 Å². The first-order valence-electron chi connectivity index (χ1n) is 7.35. The molecule has 0 amide bonds. The highest BCUT2D eigenvalue weighted by Gasteiger charge is 2.22. The Kier molecular flexibility index (Phi) is 5.21. The SMILES string of the molecule is C=C(C)C[C@@H](c1ccc(OC)c(C)c1)N1CCNCC1. The van der Waals surface area contributed by atoms with Crippen LogP contribution < -0.4 is 10.1 Å². The molecule has 1 heterocycles. The summed E-state index contributed by atoms with van der Waals surface area (Å²) in [6.07, 6.45) is 1.02. The van der Waals surface area contributed by atoms with Gasteiger partial charge in [-0.2, -0.15) is 0 Å². The molecule has 1 aliphatic rings. The van der Waals surface area contributed by atoms with Crippen LogP contribution in [0.3, 0.4) is 0 Å². The number of benzene rings is 1. The summed E-state index contributed by atoms with van der Waals surface area (Å²) in [6.45, 7) is 12.7. The highest BCUT2D eigenvalue weighted by Crippen LogP contribution is 2.30. The van der Waals surface area contributed by atoms with Gasteiger partial charge in [-0.25, -0.2) is 0 Å². The molecule has 1 fully saturated rings. The standard InChI is InChI=1S/C17H26N2O/c1-13(2)11-16(19-9-7-18-8-10-19)15-5-6-17(20-4)14(3)12-15/h5-6,12,16,18H,1,7-11H2,2-4H3/t16-/m0/s1. The molecule has 3 heteroatoms. The summed E-state index contributed by atoms with van der Waals surface area (Å²) < 4.78 is 5.37. The first kappa shape index (κ1) is 15.1. The number of hydrogen-bond donors (Lipinski definition) is 1. The number of rotatable bonds is 5. The molecule has 0 spiro atoms. The molecular weight excluding hydrogens is 248 g/mol. The monoisotopic (exact) mass is 274 g/mol. The van der Waals surface area contributed by atoms with Crippen LogP contribution in [0.2, 0.25) is 0 Å². The first-order valence-corrected chi connectivity index (χ1v) is 7.35. The van der Waals surface area contributed by atoms with Crippen LogP contribution in [0, 0.1) is 6.92 Å². The van der Waals surface area contributed by atoms with Crippen molar-refractivity contribution < 1.29 is 4.74 Å². The maximum absolute atomic E-state index is 5.37. The fourth-order valence-electron chi connectivity index (χ4n) is 2.89. The van der Waals surface area contributed by atoms with Gasteiger partial charge in [0.15, 0.2) is 0 Å². The van der Waals surface area contributed by atoms with Crippen LogP contribution in [0.15, 0.2) is 30.4 Å². The predicted molar refractivity (Wildman–Crippen MR) is 84.3 cm³/mol. The van der Waals surface area contributed by atoms with Gasteiger partial charge in [-0.05, 0) is 37.5 Å². The Morgan fingerprint density at radius 3 is 2.65 bits per heavy atom. The molecule has 1 saturated heterocycles. The molecule has 2 rings (SSSR count). The van der Waals surface area contributed by atoms with E-state index in [0.29, 0.717) is 6.04 Å². The third kappa shape index (κ3) is 3.62. The van der Waals surface area contributed by atoms with E-state index >= 15 is 0 Å². The minimum Gasteiger partial charge on any atom is -0.496 e. The summed E-state index contributed by atoms with van der Waals surface area (Å²) in [5.41, 5.74) is 3.81. The average molecular weight is 274 g/mol. The third-order valence-corrected chi connectivity index (χ3v) is 3.94. The number of ether oxygens (including phenoxy) is 1. The van der Waals surface area contributed by atoms with Crippen molar-refractivity contribution >= 4 is 0 Å². The quantitative estimate of drug-likeness (QED) is 0.836. The Morgan fingerprint density at radius 2 is 2.10 bits per heavy atom. The molecule has 1 aliphatic heterocycles. The number of hydrogen-bond acceptors (Lipinski definition) is 3. The Balaban J connectivity index is 2.25. The fourth-order valence-corrected chi connectivity index (χ4v) is 2.89. The van der Waals surface area contributed by atoms with Crippen molar-refractivity contribution in [1.29, 1.82) is 0 Å². The Labute approximate surface area is 122 Å². The summed E-state index contributed by atoms with van der Waals surface area (Å²) >= 11 is 0. The van der Waals surface area contributed by atoms with Gasteiger partial charge in [-0.15, -0.1) is 6.58 Å². The lowest BCUT2D eigenvalue weighted by atomic mass is 9.96. The molecule has 0 aromatic heterocycles. The second kappa shape index (κ2) is 6.91. The van der Waals surface area contributed by atoms with E-state index in [-0.39, 0.29) is 0 Å². The van der Waals surface area contributed by atoms with Crippen LogP contribution in [0.4, 0.5) is 0 Å². The molecule has 0 unspecified atom stereocenters. The van der Waals surface area contributed by atoms with E-state index in [0.717, 1.165) is 38.3 Å². The summed E-state index contributed by atoms with van der Waals surface area (Å²) in [5.74, 6) is 0.961. The van der Waals surface area contributed by atoms with Crippen LogP contribution in [0.5, 0.6) is 5.75 Å². The minimum atomic E-state index is 0.430. The zero-order valence-electron chi connectivity index (χ0n) is 12.9. The maximum Gasteiger partial charge on any atom is 0.121 e. The normalized spacial score (nSPS) is 17.8. The third-order valence-electron chi connectivity index (χ3n) is 3.94. The van der Waals surface area contributed by atoms with Gasteiger partial charge in [0.25, 0.3) is 0 Å². The van der Waals surface area contributed by atoms with Crippen LogP contribution >= 0.6 is 0 Å². The highest BCUT2D eigenvalue weighted by atomic mass is 16.5. The summed E-state index contributed by atoms with van der Waals surface area (Å²) in [7, 11) is 1.73. The van der Waals surface area contributed by atoms with Gasteiger partial charge in [0.05, 0.1) is 7.11 Å². The fraction of sp³-hybridized carbons (Fsp3) is 0.529. The lowest BCUT2D eigenvalue weighted by molar-refractivity contribution is 0.172. The number of aryl methyl sites for hydroxylation is 1. The second-order valence-electron chi connectivity index (χ2n) is 5.69. The van der Waals surface area contributed by atoms with E-state index in [2.05, 4.69) is 48.8 Å². The Bertz CT molecular complexity index is 464. The van der Waals surface area contributed by atoms with Crippen LogP contribution in [-0.2, 0) is 0 Å². The lowest BCUT2D eigenvalue weighted by Crippen LogP contribution is -2.45. The molecule has 1 N–H and O–H groups in total. The number of piperazine rings is 1. The van der Waals surface area contributed by atoms with Crippen LogP contribution in [0.1, 0.15) is 30.5 Å². The van der Waals surface area contributed by atoms with Gasteiger partial charge < -0.3 is 10.1 Å². The minimum absolute atomic E-state index is 0.430. The molecule has 3 nitrogen and oxygen atoms in total. The molecule has 0 aliphatic carbocycles. The van der Waals surface area contributed by atoms with E-state index in [9.17, 15) is 0 Å². The Morgan fingerprint density at radius 1 is 1.40 bits per heavy atom. The first-order chi connectivity index (χ1) is 9.61. The lowest BCUT2D eigenvalue weighted by Gasteiger charge is -2.35. The van der Waals surface area contributed by atoms with E-state index in [1.807, 2.05) is 0 Å². The van der Waals surface area contributed by atoms with Crippen molar-refractivity contribution in [3.8, 4) is 5.75 Å². The molecule has 20 heavy (non-hydrogen) atoms. The van der Waals surface area contributed by atoms with E-state index in [1.54, 1.807) is 7.11 Å². The van der Waals surface area contributed by atoms with Gasteiger partial charge in [-0.1, -0.05) is 17.7 Å². The molecule has 0 saturated carbocycles. The molecule has 0 bridgehead atoms. The van der Waals surface area contributed by atoms with Gasteiger partial charge >= 0.3 is 0 Å². The Hall–Kier alpha value is -1.32. The van der Waals surface area contributed by atoms with Gasteiger partial charge in [0.2, 0.25) is 0 Å². The van der Waals surface area contributed by atoms with Crippen molar-refractivity contribution in [3.63, 3.8) is 0 Å². The smallest absolute Gasteiger partial charge is 0.121 e.